The highest BCUT2D eigenvalue weighted by atomic mass is 16.3. The highest BCUT2D eigenvalue weighted by Crippen LogP contribution is 2.12. The fourth-order valence-electron chi connectivity index (χ4n) is 0.789. The van der Waals surface area contributed by atoms with Crippen LogP contribution in [-0.4, -0.2) is 17.4 Å². The van der Waals surface area contributed by atoms with Gasteiger partial charge in [-0.05, 0) is 12.1 Å². The predicted octanol–water partition coefficient (Wildman–Crippen LogP) is -0.101. The van der Waals surface area contributed by atoms with Gasteiger partial charge in [-0.1, -0.05) is 12.1 Å². The molecule has 1 rings (SSSR count). The van der Waals surface area contributed by atoms with E-state index in [0.717, 1.165) is 0 Å². The second kappa shape index (κ2) is 4.83. The lowest BCUT2D eigenvalue weighted by atomic mass is 10.2. The molecule has 0 heterocycles. The summed E-state index contributed by atoms with van der Waals surface area (Å²) in [5.41, 5.74) is 4.44. The summed E-state index contributed by atoms with van der Waals surface area (Å²) >= 11 is 0. The van der Waals surface area contributed by atoms with Crippen LogP contribution in [0.15, 0.2) is 29.4 Å². The second-order valence-electron chi connectivity index (χ2n) is 2.40. The van der Waals surface area contributed by atoms with Gasteiger partial charge in [0.25, 0.3) is 0 Å². The van der Waals surface area contributed by atoms with Gasteiger partial charge < -0.3 is 5.11 Å². The Labute approximate surface area is 80.4 Å². The van der Waals surface area contributed by atoms with Gasteiger partial charge in [0.05, 0.1) is 6.21 Å². The van der Waals surface area contributed by atoms with Gasteiger partial charge in [-0.25, -0.2) is 16.1 Å². The summed E-state index contributed by atoms with van der Waals surface area (Å²) in [6.07, 6.45) is 1.31. The maximum absolute atomic E-state index is 10.6. The molecule has 0 aliphatic heterocycles. The predicted molar refractivity (Wildman–Crippen MR) is 51.6 cm³/mol. The molecular weight excluding hydrogens is 184 g/mol. The summed E-state index contributed by atoms with van der Waals surface area (Å²) in [5, 5.41) is 12.8. The van der Waals surface area contributed by atoms with E-state index < -0.39 is 6.03 Å². The van der Waals surface area contributed by atoms with Crippen LogP contribution in [-0.2, 0) is 0 Å². The molecule has 6 heteroatoms. The number of hydrazine groups is 1. The summed E-state index contributed by atoms with van der Waals surface area (Å²) in [4.78, 5) is 10.6. The third kappa shape index (κ3) is 2.76. The molecule has 0 saturated heterocycles. The van der Waals surface area contributed by atoms with Crippen LogP contribution in [0.1, 0.15) is 5.56 Å². The van der Waals surface area contributed by atoms with Crippen molar-refractivity contribution in [1.29, 1.82) is 0 Å². The number of amides is 2. The summed E-state index contributed by atoms with van der Waals surface area (Å²) < 4.78 is 0. The molecule has 0 bridgehead atoms. The molecule has 0 aliphatic rings. The number of carbonyl (C=O) groups excluding carboxylic acids is 1. The van der Waals surface area contributed by atoms with Gasteiger partial charge in [-0.2, -0.15) is 5.10 Å². The summed E-state index contributed by atoms with van der Waals surface area (Å²) in [7, 11) is 0. The lowest BCUT2D eigenvalue weighted by Gasteiger charge is -1.97. The second-order valence-corrected chi connectivity index (χ2v) is 2.40. The summed E-state index contributed by atoms with van der Waals surface area (Å²) in [5.74, 6) is 4.89. The number of hydrazone groups is 1. The number of nitrogens with zero attached hydrogens (tertiary/aromatic N) is 1. The number of phenolic OH excluding ortho intramolecular Hbond substituents is 1. The van der Waals surface area contributed by atoms with E-state index in [1.165, 1.54) is 12.3 Å². The number of rotatable bonds is 2. The number of hydrogen-bond donors (Lipinski definition) is 4. The van der Waals surface area contributed by atoms with Crippen molar-refractivity contribution in [2.75, 3.05) is 0 Å². The fraction of sp³-hybridized carbons (Fsp3) is 0. The van der Waals surface area contributed by atoms with Crippen molar-refractivity contribution in [3.8, 4) is 5.75 Å². The molecule has 0 aliphatic carbocycles. The number of nitrogens with one attached hydrogen (secondary N) is 2. The van der Waals surface area contributed by atoms with E-state index in [1.54, 1.807) is 18.2 Å². The minimum atomic E-state index is -0.628. The van der Waals surface area contributed by atoms with Crippen LogP contribution in [0.4, 0.5) is 4.79 Å². The van der Waals surface area contributed by atoms with E-state index in [-0.39, 0.29) is 5.75 Å². The Kier molecular flexibility index (Phi) is 3.45. The molecule has 0 spiro atoms. The Morgan fingerprint density at radius 3 is 2.86 bits per heavy atom. The Morgan fingerprint density at radius 2 is 2.21 bits per heavy atom. The number of aromatic hydroxyl groups is 1. The molecule has 0 saturated carbocycles. The quantitative estimate of drug-likeness (QED) is 0.229. The number of para-hydroxylation sites is 1. The normalized spacial score (nSPS) is 10.1. The Morgan fingerprint density at radius 1 is 1.50 bits per heavy atom. The minimum absolute atomic E-state index is 0.0891. The fourth-order valence-corrected chi connectivity index (χ4v) is 0.789. The van der Waals surface area contributed by atoms with Crippen molar-refractivity contribution in [3.63, 3.8) is 0 Å². The van der Waals surface area contributed by atoms with Crippen LogP contribution in [0.5, 0.6) is 5.75 Å². The molecule has 1 aromatic rings. The SMILES string of the molecule is NNC(=O)NN=Cc1ccccc1O. The van der Waals surface area contributed by atoms with Gasteiger partial charge in [-0.3, -0.25) is 5.43 Å². The first-order valence-corrected chi connectivity index (χ1v) is 3.81. The van der Waals surface area contributed by atoms with Gasteiger partial charge in [-0.15, -0.1) is 0 Å². The Balaban J connectivity index is 2.60. The molecule has 2 amide bonds. The molecule has 0 fully saturated rings. The average molecular weight is 194 g/mol. The van der Waals surface area contributed by atoms with E-state index in [1.807, 2.05) is 5.43 Å². The van der Waals surface area contributed by atoms with Crippen LogP contribution in [0.2, 0.25) is 0 Å². The van der Waals surface area contributed by atoms with Crippen LogP contribution >= 0.6 is 0 Å². The standard InChI is InChI=1S/C8H10N4O2/c9-11-8(14)12-10-5-6-3-1-2-4-7(6)13/h1-5,13H,9H2,(H2,11,12,14). The topological polar surface area (TPSA) is 99.7 Å². The minimum Gasteiger partial charge on any atom is -0.507 e. The van der Waals surface area contributed by atoms with Crippen molar-refractivity contribution in [1.82, 2.24) is 10.9 Å². The number of nitrogens with two attached hydrogens (primary N) is 1. The van der Waals surface area contributed by atoms with E-state index in [4.69, 9.17) is 5.84 Å². The molecule has 5 N–H and O–H groups in total. The Hall–Kier alpha value is -2.08. The molecule has 74 valence electrons. The maximum Gasteiger partial charge on any atom is 0.349 e. The smallest absolute Gasteiger partial charge is 0.349 e. The van der Waals surface area contributed by atoms with Crippen molar-refractivity contribution >= 4 is 12.2 Å². The highest BCUT2D eigenvalue weighted by molar-refractivity contribution is 5.84. The van der Waals surface area contributed by atoms with Crippen LogP contribution < -0.4 is 16.7 Å². The first-order valence-electron chi connectivity index (χ1n) is 3.81. The monoisotopic (exact) mass is 194 g/mol. The van der Waals surface area contributed by atoms with Crippen molar-refractivity contribution in [2.24, 2.45) is 10.9 Å². The third-order valence-corrected chi connectivity index (χ3v) is 1.44. The zero-order valence-corrected chi connectivity index (χ0v) is 7.27. The van der Waals surface area contributed by atoms with Gasteiger partial charge in [0.15, 0.2) is 0 Å². The van der Waals surface area contributed by atoms with Crippen LogP contribution in [0.25, 0.3) is 0 Å². The lowest BCUT2D eigenvalue weighted by Crippen LogP contribution is -2.37. The molecule has 0 aromatic heterocycles. The number of carbonyl (C=O) groups is 1. The number of phenols is 1. The van der Waals surface area contributed by atoms with Gasteiger partial charge >= 0.3 is 6.03 Å². The van der Waals surface area contributed by atoms with Crippen LogP contribution in [0, 0.1) is 0 Å². The molecule has 0 radical (unpaired) electrons. The van der Waals surface area contributed by atoms with Crippen LogP contribution in [0.3, 0.4) is 0 Å². The first kappa shape index (κ1) is 10.0. The average Bonchev–Trinajstić information content (AvgIpc) is 2.20. The Bertz CT molecular complexity index is 351. The number of hydrogen-bond acceptors (Lipinski definition) is 4. The maximum atomic E-state index is 10.6. The summed E-state index contributed by atoms with van der Waals surface area (Å²) in [6, 6.07) is 5.97. The van der Waals surface area contributed by atoms with E-state index >= 15 is 0 Å². The van der Waals surface area contributed by atoms with E-state index in [2.05, 4.69) is 10.5 Å². The molecular formula is C8H10N4O2. The van der Waals surface area contributed by atoms with Gasteiger partial charge in [0.2, 0.25) is 0 Å². The third-order valence-electron chi connectivity index (χ3n) is 1.44. The molecule has 1 aromatic carbocycles. The first-order chi connectivity index (χ1) is 6.74. The number of benzene rings is 1. The van der Waals surface area contributed by atoms with Gasteiger partial charge in [0, 0.05) is 5.56 Å². The summed E-state index contributed by atoms with van der Waals surface area (Å²) in [6.45, 7) is 0. The number of urea groups is 1. The zero-order chi connectivity index (χ0) is 10.4. The van der Waals surface area contributed by atoms with Crippen molar-refractivity contribution < 1.29 is 9.90 Å². The molecule has 14 heavy (non-hydrogen) atoms. The zero-order valence-electron chi connectivity index (χ0n) is 7.27. The largest absolute Gasteiger partial charge is 0.507 e. The van der Waals surface area contributed by atoms with E-state index in [0.29, 0.717) is 5.56 Å². The molecule has 0 unspecified atom stereocenters. The highest BCUT2D eigenvalue weighted by Gasteiger charge is 1.95. The van der Waals surface area contributed by atoms with Crippen molar-refractivity contribution in [3.05, 3.63) is 29.8 Å². The molecule has 6 nitrogen and oxygen atoms in total. The van der Waals surface area contributed by atoms with Gasteiger partial charge in [0.1, 0.15) is 5.75 Å². The lowest BCUT2D eigenvalue weighted by molar-refractivity contribution is 0.241. The van der Waals surface area contributed by atoms with E-state index in [9.17, 15) is 9.90 Å². The molecule has 0 atom stereocenters. The van der Waals surface area contributed by atoms with Crippen molar-refractivity contribution in [2.45, 2.75) is 0 Å².